The molecule has 0 radical (unpaired) electrons. The Morgan fingerprint density at radius 3 is 0.957 bits per heavy atom. The van der Waals surface area contributed by atoms with Crippen molar-refractivity contribution in [3.05, 3.63) is 35.4 Å². The van der Waals surface area contributed by atoms with Crippen LogP contribution in [0.1, 0.15) is 153 Å². The van der Waals surface area contributed by atoms with Gasteiger partial charge < -0.3 is 0 Å². The summed E-state index contributed by atoms with van der Waals surface area (Å²) in [5.41, 5.74) is 3.49. The first-order chi connectivity index (χ1) is 22.6. The summed E-state index contributed by atoms with van der Waals surface area (Å²) < 4.78 is 3.45. The Morgan fingerprint density at radius 2 is 0.681 bits per heavy atom. The molecule has 0 bridgehead atoms. The van der Waals surface area contributed by atoms with Gasteiger partial charge in [-0.3, -0.25) is 0 Å². The van der Waals surface area contributed by atoms with Crippen LogP contribution in [0.15, 0.2) is 24.3 Å². The van der Waals surface area contributed by atoms with Crippen LogP contribution in [0.25, 0.3) is 19.5 Å². The zero-order valence-corrected chi connectivity index (χ0v) is 40.2. The fourth-order valence-electron chi connectivity index (χ4n) is 6.73. The van der Waals surface area contributed by atoms with Crippen molar-refractivity contribution in [2.24, 2.45) is 0 Å². The van der Waals surface area contributed by atoms with Crippen LogP contribution < -0.4 is 5.79 Å². The van der Waals surface area contributed by atoms with Crippen LogP contribution in [-0.4, -0.2) is 36.8 Å². The smallest absolute Gasteiger partial charge is 0.0654 e. The minimum absolute atomic E-state index is 1.28. The Hall–Kier alpha value is 0.697. The fourth-order valence-corrected chi connectivity index (χ4v) is 21.0. The molecular formula is C42H72S3Sn2. The summed E-state index contributed by atoms with van der Waals surface area (Å²) in [6.45, 7) is 4.64. The van der Waals surface area contributed by atoms with Gasteiger partial charge in [-0.25, -0.2) is 0 Å². The number of thiophene rings is 3. The molecule has 0 saturated heterocycles. The van der Waals surface area contributed by atoms with Gasteiger partial charge in [-0.2, -0.15) is 0 Å². The van der Waals surface area contributed by atoms with Crippen molar-refractivity contribution in [3.8, 4) is 19.5 Å². The normalized spacial score (nSPS) is 12.4. The van der Waals surface area contributed by atoms with Gasteiger partial charge in [0.05, 0.1) is 0 Å². The molecule has 47 heavy (non-hydrogen) atoms. The second-order valence-corrected chi connectivity index (χ2v) is 50.4. The first-order valence-corrected chi connectivity index (χ1v) is 42.3. The third-order valence-electron chi connectivity index (χ3n) is 9.82. The summed E-state index contributed by atoms with van der Waals surface area (Å²) in [4.78, 5) is 21.9. The van der Waals surface area contributed by atoms with Crippen LogP contribution in [0.5, 0.6) is 0 Å². The van der Waals surface area contributed by atoms with Crippen LogP contribution in [-0.2, 0) is 12.8 Å². The molecule has 0 atom stereocenters. The molecule has 3 aromatic heterocycles. The Morgan fingerprint density at radius 1 is 0.383 bits per heavy atom. The molecule has 5 heteroatoms. The average molecular weight is 911 g/mol. The number of unbranched alkanes of at least 4 members (excludes halogenated alkanes) is 18. The molecule has 3 heterocycles. The van der Waals surface area contributed by atoms with Crippen molar-refractivity contribution in [1.29, 1.82) is 0 Å². The van der Waals surface area contributed by atoms with E-state index in [-0.39, 0.29) is 0 Å². The molecule has 0 saturated carbocycles. The van der Waals surface area contributed by atoms with E-state index in [0.29, 0.717) is 0 Å². The third kappa shape index (κ3) is 15.1. The second-order valence-electron chi connectivity index (χ2n) is 16.4. The van der Waals surface area contributed by atoms with Crippen molar-refractivity contribution in [1.82, 2.24) is 0 Å². The Kier molecular flexibility index (Phi) is 20.2. The van der Waals surface area contributed by atoms with Crippen LogP contribution in [0.4, 0.5) is 0 Å². The van der Waals surface area contributed by atoms with E-state index >= 15 is 0 Å². The minimum atomic E-state index is -2.10. The summed E-state index contributed by atoms with van der Waals surface area (Å²) in [7, 11) is 0. The molecular weight excluding hydrogens is 838 g/mol. The zero-order chi connectivity index (χ0) is 34.1. The quantitative estimate of drug-likeness (QED) is 0.0556. The van der Waals surface area contributed by atoms with E-state index < -0.39 is 36.8 Å². The summed E-state index contributed by atoms with van der Waals surface area (Å²) in [6, 6.07) is 10.0. The van der Waals surface area contributed by atoms with Crippen molar-refractivity contribution in [3.63, 3.8) is 0 Å². The summed E-state index contributed by atoms with van der Waals surface area (Å²) in [5.74, 6) is 0. The van der Waals surface area contributed by atoms with E-state index in [1.807, 2.05) is 0 Å². The molecule has 3 rings (SSSR count). The zero-order valence-electron chi connectivity index (χ0n) is 32.1. The number of hydrogen-bond donors (Lipinski definition) is 0. The van der Waals surface area contributed by atoms with Gasteiger partial charge in [0.2, 0.25) is 0 Å². The van der Waals surface area contributed by atoms with Gasteiger partial charge in [0.15, 0.2) is 0 Å². The van der Waals surface area contributed by atoms with Gasteiger partial charge in [0.1, 0.15) is 0 Å². The topological polar surface area (TPSA) is 0 Å². The van der Waals surface area contributed by atoms with E-state index in [1.165, 1.54) is 141 Å². The van der Waals surface area contributed by atoms with Gasteiger partial charge in [-0.15, -0.1) is 0 Å². The van der Waals surface area contributed by atoms with Gasteiger partial charge >= 0.3 is 251 Å². The molecule has 0 nitrogen and oxygen atoms in total. The van der Waals surface area contributed by atoms with E-state index in [2.05, 4.69) is 102 Å². The molecule has 0 aromatic carbocycles. The standard InChI is InChI=1S/C36H54S3.6CH3.2Sn/c1-3-5-7-9-11-13-15-17-19-21-25-31-32(26-22-20-18-16-14-12-10-8-6-4-2)36(34-28-24-30-38-34)39-35(31)33-27-23-29-37-33;;;;;;;;/h23-24,27-28H,3-22,25-26H2,1-2H3;6*1H3;;. The maximum atomic E-state index is 2.58. The Labute approximate surface area is 313 Å². The molecule has 0 aliphatic heterocycles. The molecule has 0 spiro atoms. The summed E-state index contributed by atoms with van der Waals surface area (Å²) >= 11 is 2.27. The van der Waals surface area contributed by atoms with E-state index in [0.717, 1.165) is 0 Å². The molecule has 0 unspecified atom stereocenters. The summed E-state index contributed by atoms with van der Waals surface area (Å²) in [6.07, 6.45) is 30.9. The van der Waals surface area contributed by atoms with Crippen LogP contribution in [0, 0.1) is 0 Å². The van der Waals surface area contributed by atoms with Crippen molar-refractivity contribution in [2.75, 3.05) is 0 Å². The molecule has 0 aliphatic rings. The molecule has 0 N–H and O–H groups in total. The molecule has 0 fully saturated rings. The van der Waals surface area contributed by atoms with Crippen LogP contribution in [0.3, 0.4) is 0 Å². The fraction of sp³-hybridized carbons (Fsp3) is 0.714. The monoisotopic (exact) mass is 912 g/mol. The van der Waals surface area contributed by atoms with Crippen LogP contribution >= 0.6 is 34.0 Å². The number of hydrogen-bond acceptors (Lipinski definition) is 3. The Balaban J connectivity index is 1.78. The molecule has 0 amide bonds. The van der Waals surface area contributed by atoms with E-state index in [4.69, 9.17) is 0 Å². The van der Waals surface area contributed by atoms with Gasteiger partial charge in [0, 0.05) is 0 Å². The minimum Gasteiger partial charge on any atom is -0.0654 e. The van der Waals surface area contributed by atoms with E-state index in [1.54, 1.807) is 36.4 Å². The second kappa shape index (κ2) is 22.6. The van der Waals surface area contributed by atoms with E-state index in [9.17, 15) is 0 Å². The average Bonchev–Trinajstić information content (AvgIpc) is 3.78. The van der Waals surface area contributed by atoms with Crippen molar-refractivity contribution < 1.29 is 0 Å². The predicted octanol–water partition coefficient (Wildman–Crippen LogP) is 15.2. The molecule has 266 valence electrons. The van der Waals surface area contributed by atoms with Gasteiger partial charge in [-0.1, -0.05) is 65.2 Å². The van der Waals surface area contributed by atoms with Crippen molar-refractivity contribution in [2.45, 2.75) is 185 Å². The predicted molar refractivity (Wildman–Crippen MR) is 228 cm³/mol. The molecule has 3 aromatic rings. The first kappa shape index (κ1) is 42.1. The maximum absolute atomic E-state index is 2.58. The van der Waals surface area contributed by atoms with Crippen LogP contribution in [0.2, 0.25) is 29.6 Å². The third-order valence-corrected chi connectivity index (χ3v) is 32.6. The van der Waals surface area contributed by atoms with Gasteiger partial charge in [0.25, 0.3) is 0 Å². The number of rotatable bonds is 26. The first-order valence-electron chi connectivity index (χ1n) is 19.9. The van der Waals surface area contributed by atoms with Gasteiger partial charge in [-0.05, 0) is 0 Å². The SMILES string of the molecule is CCCCCCCCCCCCc1c(-c2cc[c]([Sn]([CH3])([CH3])[CH3])s2)sc(-c2cc[c]([Sn]([CH3])([CH3])[CH3])s2)c1CCCCCCCCCCCC. The Bertz CT molecular complexity index is 1150. The summed E-state index contributed by atoms with van der Waals surface area (Å²) in [5, 5.41) is 0. The molecule has 0 aliphatic carbocycles. The van der Waals surface area contributed by atoms with Crippen molar-refractivity contribution >= 4 is 76.6 Å².